The number of hydrogen-bond donors (Lipinski definition) is 0. The van der Waals surface area contributed by atoms with E-state index in [2.05, 4.69) is 23.8 Å². The van der Waals surface area contributed by atoms with Gasteiger partial charge < -0.3 is 0 Å². The van der Waals surface area contributed by atoms with Crippen LogP contribution in [0.25, 0.3) is 0 Å². The number of Topliss-reactive ketones (excluding diaryl/α,β-unsaturated/α-hetero) is 3. The minimum Gasteiger partial charge on any atom is -0.294 e. The topological polar surface area (TPSA) is 77.0 Å². The number of nitrogens with zero attached hydrogens (tertiary/aromatic N) is 2. The van der Waals surface area contributed by atoms with E-state index in [0.717, 1.165) is 12.0 Å². The van der Waals surface area contributed by atoms with Gasteiger partial charge in [0.2, 0.25) is 0 Å². The van der Waals surface area contributed by atoms with Crippen molar-refractivity contribution >= 4 is 17.3 Å². The maximum absolute atomic E-state index is 13.5. The highest BCUT2D eigenvalue weighted by molar-refractivity contribution is 6.28. The zero-order chi connectivity index (χ0) is 20.3. The lowest BCUT2D eigenvalue weighted by Gasteiger charge is -2.39. The molecule has 1 atom stereocenters. The highest BCUT2D eigenvalue weighted by Gasteiger charge is 2.47. The summed E-state index contributed by atoms with van der Waals surface area (Å²) in [5.74, 6) is -0.571. The number of fused-ring (bicyclic) bond motifs is 1. The number of carbonyl (C=O) groups excluding carboxylic acids is 3. The highest BCUT2D eigenvalue weighted by Crippen LogP contribution is 2.51. The fourth-order valence-electron chi connectivity index (χ4n) is 4.99. The molecule has 0 saturated heterocycles. The van der Waals surface area contributed by atoms with Crippen molar-refractivity contribution in [3.05, 3.63) is 82.0 Å². The van der Waals surface area contributed by atoms with Gasteiger partial charge in [0, 0.05) is 46.7 Å². The van der Waals surface area contributed by atoms with E-state index in [4.69, 9.17) is 0 Å². The Morgan fingerprint density at radius 1 is 0.862 bits per heavy atom. The second kappa shape index (κ2) is 6.14. The van der Waals surface area contributed by atoms with Crippen molar-refractivity contribution in [1.82, 2.24) is 9.97 Å². The monoisotopic (exact) mass is 384 g/mol. The second-order valence-corrected chi connectivity index (χ2v) is 8.77. The lowest BCUT2D eigenvalue weighted by Crippen LogP contribution is -2.36. The Kier molecular flexibility index (Phi) is 3.78. The third-order valence-electron chi connectivity index (χ3n) is 6.08. The predicted octanol–water partition coefficient (Wildman–Crippen LogP) is 4.03. The van der Waals surface area contributed by atoms with Crippen molar-refractivity contribution in [2.45, 2.75) is 39.0 Å². The van der Waals surface area contributed by atoms with Gasteiger partial charge in [-0.3, -0.25) is 14.4 Å². The van der Waals surface area contributed by atoms with Gasteiger partial charge in [0.05, 0.1) is 5.92 Å². The summed E-state index contributed by atoms with van der Waals surface area (Å²) in [5.41, 5.74) is 3.11. The van der Waals surface area contributed by atoms with Crippen LogP contribution < -0.4 is 0 Å². The van der Waals surface area contributed by atoms with E-state index in [0.29, 0.717) is 46.5 Å². The zero-order valence-corrected chi connectivity index (χ0v) is 16.4. The molecule has 5 nitrogen and oxygen atoms in total. The summed E-state index contributed by atoms with van der Waals surface area (Å²) in [7, 11) is 0. The first kappa shape index (κ1) is 17.9. The molecule has 0 spiro atoms. The van der Waals surface area contributed by atoms with Gasteiger partial charge in [0.15, 0.2) is 17.3 Å². The summed E-state index contributed by atoms with van der Waals surface area (Å²) >= 11 is 0. The van der Waals surface area contributed by atoms with Crippen molar-refractivity contribution in [1.29, 1.82) is 0 Å². The van der Waals surface area contributed by atoms with Gasteiger partial charge in [-0.2, -0.15) is 0 Å². The SMILES string of the molecule is CC1(C)CC(=O)C2=C(CC3=C(C(=O)c4ccccc4C3=O)C2c2ncccn2)C1. The van der Waals surface area contributed by atoms with E-state index in [1.54, 1.807) is 42.7 Å². The minimum absolute atomic E-state index is 0.0272. The van der Waals surface area contributed by atoms with Gasteiger partial charge in [0.1, 0.15) is 5.82 Å². The molecule has 0 bridgehead atoms. The largest absolute Gasteiger partial charge is 0.294 e. The first-order chi connectivity index (χ1) is 13.9. The van der Waals surface area contributed by atoms with Gasteiger partial charge in [-0.05, 0) is 24.3 Å². The molecule has 5 heteroatoms. The van der Waals surface area contributed by atoms with Crippen molar-refractivity contribution in [2.75, 3.05) is 0 Å². The molecule has 0 radical (unpaired) electrons. The van der Waals surface area contributed by atoms with Crippen molar-refractivity contribution in [3.63, 3.8) is 0 Å². The summed E-state index contributed by atoms with van der Waals surface area (Å²) in [6, 6.07) is 8.61. The van der Waals surface area contributed by atoms with Crippen LogP contribution in [-0.4, -0.2) is 27.3 Å². The molecule has 1 heterocycles. The number of rotatable bonds is 1. The van der Waals surface area contributed by atoms with Crippen LogP contribution in [0.4, 0.5) is 0 Å². The minimum atomic E-state index is -0.677. The second-order valence-electron chi connectivity index (χ2n) is 8.77. The molecule has 0 amide bonds. The number of aromatic nitrogens is 2. The number of benzene rings is 1. The van der Waals surface area contributed by atoms with Crippen LogP contribution in [0.2, 0.25) is 0 Å². The summed E-state index contributed by atoms with van der Waals surface area (Å²) in [5, 5.41) is 0. The molecule has 144 valence electrons. The molecule has 3 aliphatic rings. The molecule has 2 aromatic rings. The first-order valence-electron chi connectivity index (χ1n) is 9.81. The van der Waals surface area contributed by atoms with Crippen LogP contribution in [-0.2, 0) is 4.79 Å². The lowest BCUT2D eigenvalue weighted by atomic mass is 9.62. The van der Waals surface area contributed by atoms with Crippen molar-refractivity contribution in [3.8, 4) is 0 Å². The first-order valence-corrected chi connectivity index (χ1v) is 9.81. The van der Waals surface area contributed by atoms with E-state index >= 15 is 0 Å². The zero-order valence-electron chi connectivity index (χ0n) is 16.4. The highest BCUT2D eigenvalue weighted by atomic mass is 16.1. The van der Waals surface area contributed by atoms with E-state index in [9.17, 15) is 14.4 Å². The molecule has 29 heavy (non-hydrogen) atoms. The number of hydrogen-bond acceptors (Lipinski definition) is 5. The fraction of sp³-hybridized carbons (Fsp3) is 0.292. The van der Waals surface area contributed by atoms with Gasteiger partial charge in [-0.25, -0.2) is 9.97 Å². The molecule has 5 rings (SSSR count). The Balaban J connectivity index is 1.76. The van der Waals surface area contributed by atoms with Gasteiger partial charge in [-0.15, -0.1) is 0 Å². The van der Waals surface area contributed by atoms with Crippen LogP contribution in [0.3, 0.4) is 0 Å². The summed E-state index contributed by atoms with van der Waals surface area (Å²) in [6.45, 7) is 4.13. The molecule has 0 N–H and O–H groups in total. The Hall–Kier alpha value is -3.21. The molecule has 1 aromatic carbocycles. The Labute approximate surface area is 168 Å². The molecule has 0 saturated carbocycles. The van der Waals surface area contributed by atoms with Crippen molar-refractivity contribution < 1.29 is 14.4 Å². The lowest BCUT2D eigenvalue weighted by molar-refractivity contribution is -0.118. The number of allylic oxidation sites excluding steroid dienone is 4. The Morgan fingerprint density at radius 3 is 2.21 bits per heavy atom. The average molecular weight is 384 g/mol. The summed E-state index contributed by atoms with van der Waals surface area (Å²) < 4.78 is 0. The van der Waals surface area contributed by atoms with Crippen LogP contribution in [0.5, 0.6) is 0 Å². The molecular weight excluding hydrogens is 364 g/mol. The Morgan fingerprint density at radius 2 is 1.52 bits per heavy atom. The number of ketones is 3. The van der Waals surface area contributed by atoms with E-state index in [1.165, 1.54) is 0 Å². The standard InChI is InChI=1S/C24H20N2O3/c1-24(2)11-13-10-16-19(22(29)15-7-4-3-6-14(15)21(16)28)20(18(13)17(27)12-24)23-25-8-5-9-26-23/h3-9,20H,10-12H2,1-2H3. The maximum Gasteiger partial charge on any atom is 0.191 e. The maximum atomic E-state index is 13.5. The predicted molar refractivity (Wildman–Crippen MR) is 107 cm³/mol. The van der Waals surface area contributed by atoms with E-state index in [1.807, 2.05) is 0 Å². The average Bonchev–Trinajstić information content (AvgIpc) is 2.70. The van der Waals surface area contributed by atoms with Crippen LogP contribution in [0.1, 0.15) is 65.6 Å². The molecule has 1 unspecified atom stereocenters. The van der Waals surface area contributed by atoms with Crippen molar-refractivity contribution in [2.24, 2.45) is 5.41 Å². The normalized spacial score (nSPS) is 23.0. The summed E-state index contributed by atoms with van der Waals surface area (Å²) in [6.07, 6.45) is 4.70. The third-order valence-corrected chi connectivity index (χ3v) is 6.08. The van der Waals surface area contributed by atoms with Crippen LogP contribution in [0, 0.1) is 5.41 Å². The van der Waals surface area contributed by atoms with E-state index in [-0.39, 0.29) is 22.8 Å². The molecule has 3 aliphatic carbocycles. The third kappa shape index (κ3) is 2.64. The van der Waals surface area contributed by atoms with Gasteiger partial charge in [-0.1, -0.05) is 43.7 Å². The van der Waals surface area contributed by atoms with Gasteiger partial charge in [0.25, 0.3) is 0 Å². The summed E-state index contributed by atoms with van der Waals surface area (Å²) in [4.78, 5) is 48.8. The quantitative estimate of drug-likeness (QED) is 0.742. The molecule has 0 aliphatic heterocycles. The Bertz CT molecular complexity index is 1160. The molecular formula is C24H20N2O3. The smallest absolute Gasteiger partial charge is 0.191 e. The van der Waals surface area contributed by atoms with Gasteiger partial charge >= 0.3 is 0 Å². The van der Waals surface area contributed by atoms with E-state index < -0.39 is 5.92 Å². The van der Waals surface area contributed by atoms with Crippen LogP contribution in [0.15, 0.2) is 65.0 Å². The molecule has 0 fully saturated rings. The van der Waals surface area contributed by atoms with Crippen LogP contribution >= 0.6 is 0 Å². The number of carbonyl (C=O) groups is 3. The molecule has 1 aromatic heterocycles. The fourth-order valence-corrected chi connectivity index (χ4v) is 4.99.